The first kappa shape index (κ1) is 106. The fourth-order valence-corrected chi connectivity index (χ4v) is 13.8. The van der Waals surface area contributed by atoms with Crippen LogP contribution in [0, 0.1) is 120 Å². The Kier molecular flexibility index (Phi) is 46.5. The lowest BCUT2D eigenvalue weighted by atomic mass is 9.95. The summed E-state index contributed by atoms with van der Waals surface area (Å²) in [5, 5.41) is 10.0. The van der Waals surface area contributed by atoms with Gasteiger partial charge in [-0.25, -0.2) is 17.6 Å². The quantitative estimate of drug-likeness (QED) is 0.131. The van der Waals surface area contributed by atoms with Crippen LogP contribution >= 0.6 is 11.6 Å². The Hall–Kier alpha value is -8.40. The Morgan fingerprint density at radius 3 is 0.845 bits per heavy atom. The minimum absolute atomic E-state index is 0.0971. The summed E-state index contributed by atoms with van der Waals surface area (Å²) in [6.07, 6.45) is -4.62. The molecule has 0 saturated carbocycles. The summed E-state index contributed by atoms with van der Waals surface area (Å²) in [5.74, 6) is 4.56. The molecule has 0 radical (unpaired) electrons. The standard InChI is InChI=1S/2C11H15F.C11H16O.3C11H16.C10H13Cl.C10H10F4.C10H13F.C10H14O/c2*1-7(2)10-5-6-11(12)9(4)8(10)3;1-8(2)11-6-5-10(12-4)7-9(11)3;3*1-8(2)11-7-5-6-9(3)10(11)4;1-7(2)9-6-4-5-8(3)10(9)11;1-6(2)7-4-3-5-8(9(7)11)10(12,13)14;2*1-7(2)10-5-4-9(11)6-8(10)3/h2*5-7H,1-4H3;5-8H,1-4H3;3*5-8H,1-4H3;4-7H,1-3H3;3-6H,1-2H3;4-7H,1-3H3;4-7,11H,1-3H3. The van der Waals surface area contributed by atoms with Gasteiger partial charge in [0.05, 0.1) is 12.7 Å². The molecule has 0 heterocycles. The summed E-state index contributed by atoms with van der Waals surface area (Å²) in [7, 11) is 1.70. The lowest BCUT2D eigenvalue weighted by Crippen LogP contribution is -2.10. The highest BCUT2D eigenvalue weighted by Gasteiger charge is 2.35. The average Bonchev–Trinajstić information content (AvgIpc) is 0.821. The van der Waals surface area contributed by atoms with Crippen LogP contribution in [0.5, 0.6) is 11.5 Å². The molecule has 0 aliphatic heterocycles. The van der Waals surface area contributed by atoms with Crippen molar-refractivity contribution < 1.29 is 40.6 Å². The number of benzene rings is 10. The number of ether oxygens (including phenoxy) is 1. The van der Waals surface area contributed by atoms with Gasteiger partial charge >= 0.3 is 6.18 Å². The minimum Gasteiger partial charge on any atom is -0.508 e. The zero-order valence-corrected chi connectivity index (χ0v) is 78.1. The predicted molar refractivity (Wildman–Crippen MR) is 490 cm³/mol. The maximum Gasteiger partial charge on any atom is 0.419 e. The smallest absolute Gasteiger partial charge is 0.419 e. The van der Waals surface area contributed by atoms with Gasteiger partial charge in [-0.1, -0.05) is 265 Å². The van der Waals surface area contributed by atoms with Crippen molar-refractivity contribution in [3.63, 3.8) is 0 Å². The van der Waals surface area contributed by atoms with E-state index in [1.807, 2.05) is 84.9 Å². The normalized spacial score (nSPS) is 10.8. The molecule has 0 amide bonds. The number of hydrogen-bond acceptors (Lipinski definition) is 2. The monoisotopic (exact) mass is 1620 g/mol. The fourth-order valence-electron chi connectivity index (χ4n) is 13.4. The third-order valence-corrected chi connectivity index (χ3v) is 21.7. The molecule has 0 aliphatic rings. The minimum atomic E-state index is -4.62. The lowest BCUT2D eigenvalue weighted by Gasteiger charge is -2.12. The summed E-state index contributed by atoms with van der Waals surface area (Å²) >= 11 is 6.09. The molecule has 0 aliphatic carbocycles. The number of aryl methyl sites for hydroxylation is 7. The van der Waals surface area contributed by atoms with Crippen LogP contribution in [0.4, 0.5) is 30.7 Å². The topological polar surface area (TPSA) is 29.5 Å². The Balaban J connectivity index is 0.000000645. The molecular formula is C106H144ClF7O2. The number of rotatable bonds is 11. The second-order valence-corrected chi connectivity index (χ2v) is 34.0. The molecule has 0 saturated heterocycles. The molecule has 10 heteroatoms. The van der Waals surface area contributed by atoms with Crippen molar-refractivity contribution in [3.8, 4) is 11.5 Å². The molecule has 10 aromatic carbocycles. The number of methoxy groups -OCH3 is 1. The Bertz CT molecular complexity index is 4260. The highest BCUT2D eigenvalue weighted by Crippen LogP contribution is 2.35. The highest BCUT2D eigenvalue weighted by molar-refractivity contribution is 6.32. The first-order valence-corrected chi connectivity index (χ1v) is 41.7. The Morgan fingerprint density at radius 2 is 0.552 bits per heavy atom. The van der Waals surface area contributed by atoms with E-state index in [0.717, 1.165) is 50.2 Å². The molecule has 0 aromatic heterocycles. The van der Waals surface area contributed by atoms with Gasteiger partial charge in [-0.3, -0.25) is 0 Å². The second-order valence-electron chi connectivity index (χ2n) is 33.6. The van der Waals surface area contributed by atoms with E-state index >= 15 is 0 Å². The highest BCUT2D eigenvalue weighted by atomic mass is 35.5. The maximum absolute atomic E-state index is 13.3. The molecular weight excluding hydrogens is 1470 g/mol. The molecule has 1 N–H and O–H groups in total. The number of halogens is 8. The second kappa shape index (κ2) is 51.0. The number of aromatic hydroxyl groups is 1. The summed E-state index contributed by atoms with van der Waals surface area (Å²) in [4.78, 5) is 0. The first-order chi connectivity index (χ1) is 53.8. The fraction of sp³-hybridized carbons (Fsp3) is 0.434. The molecule has 0 bridgehead atoms. The molecule has 636 valence electrons. The van der Waals surface area contributed by atoms with E-state index in [9.17, 15) is 30.7 Å². The van der Waals surface area contributed by atoms with Crippen molar-refractivity contribution in [2.45, 2.75) is 301 Å². The number of phenols is 1. The van der Waals surface area contributed by atoms with E-state index in [0.29, 0.717) is 59.0 Å². The average molecular weight is 1620 g/mol. The van der Waals surface area contributed by atoms with Gasteiger partial charge in [0, 0.05) is 5.02 Å². The van der Waals surface area contributed by atoms with Crippen molar-refractivity contribution in [2.75, 3.05) is 7.11 Å². The Morgan fingerprint density at radius 1 is 0.276 bits per heavy atom. The van der Waals surface area contributed by atoms with Crippen LogP contribution in [0.1, 0.15) is 337 Å². The van der Waals surface area contributed by atoms with Crippen LogP contribution in [-0.4, -0.2) is 12.2 Å². The molecule has 0 unspecified atom stereocenters. The van der Waals surface area contributed by atoms with Crippen molar-refractivity contribution in [3.05, 3.63) is 337 Å². The van der Waals surface area contributed by atoms with E-state index in [-0.39, 0.29) is 28.9 Å². The van der Waals surface area contributed by atoms with E-state index in [1.54, 1.807) is 51.3 Å². The molecule has 10 aromatic rings. The molecule has 10 rings (SSSR count). The Labute approximate surface area is 704 Å². The van der Waals surface area contributed by atoms with Crippen LogP contribution in [0.25, 0.3) is 0 Å². The summed E-state index contributed by atoms with van der Waals surface area (Å²) in [6.45, 7) is 71.3. The number of phenolic OH excluding ortho intramolecular Hbond substituents is 1. The van der Waals surface area contributed by atoms with Crippen molar-refractivity contribution in [2.24, 2.45) is 0 Å². The lowest BCUT2D eigenvalue weighted by molar-refractivity contribution is -0.140. The van der Waals surface area contributed by atoms with Gasteiger partial charge in [-0.05, 0) is 344 Å². The van der Waals surface area contributed by atoms with Gasteiger partial charge in [0.1, 0.15) is 34.8 Å². The zero-order valence-electron chi connectivity index (χ0n) is 77.3. The van der Waals surface area contributed by atoms with Crippen LogP contribution in [-0.2, 0) is 6.18 Å². The van der Waals surface area contributed by atoms with Crippen molar-refractivity contribution in [1.82, 2.24) is 0 Å². The van der Waals surface area contributed by atoms with Crippen LogP contribution in [0.15, 0.2) is 170 Å². The third kappa shape index (κ3) is 34.7. The third-order valence-electron chi connectivity index (χ3n) is 21.2. The number of alkyl halides is 3. The molecule has 2 nitrogen and oxygen atoms in total. The zero-order chi connectivity index (χ0) is 89.3. The molecule has 0 fully saturated rings. The van der Waals surface area contributed by atoms with E-state index < -0.39 is 17.6 Å². The van der Waals surface area contributed by atoms with Gasteiger partial charge < -0.3 is 9.84 Å². The van der Waals surface area contributed by atoms with Crippen molar-refractivity contribution >= 4 is 11.6 Å². The molecule has 116 heavy (non-hydrogen) atoms. The van der Waals surface area contributed by atoms with Crippen LogP contribution in [0.3, 0.4) is 0 Å². The van der Waals surface area contributed by atoms with E-state index in [1.165, 1.54) is 113 Å². The van der Waals surface area contributed by atoms with Crippen molar-refractivity contribution in [1.29, 1.82) is 0 Å². The molecule has 0 atom stereocenters. The van der Waals surface area contributed by atoms with Gasteiger partial charge in [-0.2, -0.15) is 13.2 Å². The SMILES string of the molecule is CC(C)c1cccc(C(F)(F)F)c1F.COc1ccc(C(C)C)c(C)c1.Cc1c(F)ccc(C(C)C)c1C.Cc1c(F)ccc(C(C)C)c1C.Cc1cc(F)ccc1C(C)C.Cc1cc(O)ccc1C(C)C.Cc1cccc(C(C)C)c1C.Cc1cccc(C(C)C)c1C.Cc1cccc(C(C)C)c1C.Cc1cccc(C(C)C)c1Cl. The first-order valence-electron chi connectivity index (χ1n) is 41.3. The largest absolute Gasteiger partial charge is 0.508 e. The summed E-state index contributed by atoms with van der Waals surface area (Å²) in [5.41, 5.74) is 28.0. The van der Waals surface area contributed by atoms with Crippen LogP contribution < -0.4 is 4.74 Å². The van der Waals surface area contributed by atoms with Gasteiger partial charge in [-0.15, -0.1) is 0 Å². The van der Waals surface area contributed by atoms with Gasteiger partial charge in [0.15, 0.2) is 0 Å². The van der Waals surface area contributed by atoms with E-state index in [4.69, 9.17) is 21.4 Å². The maximum atomic E-state index is 13.3. The van der Waals surface area contributed by atoms with Gasteiger partial charge in [0.2, 0.25) is 0 Å². The number of hydrogen-bond donors (Lipinski definition) is 1. The molecule has 0 spiro atoms. The summed E-state index contributed by atoms with van der Waals surface area (Å²) in [6, 6.07) is 52.6. The van der Waals surface area contributed by atoms with E-state index in [2.05, 4.69) is 252 Å². The van der Waals surface area contributed by atoms with Gasteiger partial charge in [0.25, 0.3) is 0 Å². The van der Waals surface area contributed by atoms with Crippen LogP contribution in [0.2, 0.25) is 5.02 Å². The summed E-state index contributed by atoms with van der Waals surface area (Å²) < 4.78 is 93.8. The predicted octanol–water partition coefficient (Wildman–Crippen LogP) is 34.4.